The van der Waals surface area contributed by atoms with Crippen LogP contribution in [0.2, 0.25) is 18.1 Å². The zero-order valence-corrected chi connectivity index (χ0v) is 24.8. The highest BCUT2D eigenvalue weighted by atomic mass is 28.4. The highest BCUT2D eigenvalue weighted by Gasteiger charge is 2.42. The molecule has 0 bridgehead atoms. The predicted molar refractivity (Wildman–Crippen MR) is 147 cm³/mol. The van der Waals surface area contributed by atoms with Gasteiger partial charge in [0, 0.05) is 18.2 Å². The van der Waals surface area contributed by atoms with Gasteiger partial charge in [-0.1, -0.05) is 38.1 Å². The number of carbonyl (C=O) groups excluding carboxylic acids is 1. The number of benzene rings is 1. The molecule has 0 amide bonds. The average molecular weight is 511 g/mol. The smallest absolute Gasteiger partial charge is 0.312 e. The third-order valence-corrected chi connectivity index (χ3v) is 12.4. The fraction of sp³-hybridized carbons (Fsp3) is 0.571. The van der Waals surface area contributed by atoms with Crippen molar-refractivity contribution >= 4 is 25.3 Å². The van der Waals surface area contributed by atoms with Gasteiger partial charge in [0.2, 0.25) is 0 Å². The normalized spacial score (nSPS) is 13.8. The summed E-state index contributed by atoms with van der Waals surface area (Å²) in [5.74, 6) is -0.626. The number of hydrogen-bond acceptors (Lipinski definition) is 6. The number of esters is 1. The van der Waals surface area contributed by atoms with Crippen molar-refractivity contribution in [3.63, 3.8) is 0 Å². The first kappa shape index (κ1) is 28.0. The molecule has 3 rings (SSSR count). The number of nitrogens with zero attached hydrogens (tertiary/aromatic N) is 4. The zero-order chi connectivity index (χ0) is 27.1. The van der Waals surface area contributed by atoms with Gasteiger partial charge in [0.25, 0.3) is 0 Å². The molecule has 1 aromatic carbocycles. The molecule has 196 valence electrons. The summed E-state index contributed by atoms with van der Waals surface area (Å²) >= 11 is 0. The number of rotatable bonds is 8. The Morgan fingerprint density at radius 2 is 1.75 bits per heavy atom. The van der Waals surface area contributed by atoms with E-state index < -0.39 is 13.7 Å². The molecule has 2 aromatic heterocycles. The van der Waals surface area contributed by atoms with Crippen LogP contribution in [0.3, 0.4) is 0 Å². The Hall–Kier alpha value is -2.58. The zero-order valence-electron chi connectivity index (χ0n) is 23.8. The molecule has 0 N–H and O–H groups in total. The lowest BCUT2D eigenvalue weighted by atomic mass is 9.71. The fourth-order valence-electron chi connectivity index (χ4n) is 4.39. The summed E-state index contributed by atoms with van der Waals surface area (Å²) in [4.78, 5) is 18.2. The lowest BCUT2D eigenvalue weighted by Gasteiger charge is -2.36. The van der Waals surface area contributed by atoms with Crippen molar-refractivity contribution in [1.82, 2.24) is 20.0 Å². The number of aromatic nitrogens is 4. The van der Waals surface area contributed by atoms with Gasteiger partial charge in [0.15, 0.2) is 8.32 Å². The van der Waals surface area contributed by atoms with E-state index in [0.717, 1.165) is 45.7 Å². The number of methoxy groups -OCH3 is 1. The molecule has 0 saturated carbocycles. The minimum absolute atomic E-state index is 0.108. The summed E-state index contributed by atoms with van der Waals surface area (Å²) < 4.78 is 13.7. The molecule has 0 spiro atoms. The van der Waals surface area contributed by atoms with Crippen LogP contribution in [0.1, 0.15) is 75.5 Å². The quantitative estimate of drug-likeness (QED) is 0.261. The molecule has 1 unspecified atom stereocenters. The fourth-order valence-corrected chi connectivity index (χ4v) is 5.32. The summed E-state index contributed by atoms with van der Waals surface area (Å²) in [6.45, 7) is 22.4. The number of fused-ring (bicyclic) bond motifs is 1. The summed E-state index contributed by atoms with van der Waals surface area (Å²) in [6.07, 6.45) is 0. The second-order valence-electron chi connectivity index (χ2n) is 11.7. The molecular formula is C28H42N4O3Si. The Kier molecular flexibility index (Phi) is 7.82. The molecule has 3 aromatic rings. The van der Waals surface area contributed by atoms with Crippen LogP contribution < -0.4 is 0 Å². The van der Waals surface area contributed by atoms with Gasteiger partial charge in [-0.2, -0.15) is 0 Å². The molecular weight excluding hydrogens is 468 g/mol. The first-order chi connectivity index (χ1) is 16.7. The van der Waals surface area contributed by atoms with Crippen LogP contribution >= 0.6 is 0 Å². The van der Waals surface area contributed by atoms with Crippen molar-refractivity contribution in [3.05, 3.63) is 52.3 Å². The molecule has 2 heterocycles. The standard InChI is InChI=1S/C28H42N4O3Si/c1-12-32-23-16-14-20(19(3)25(23)30-31-32)24(28(7,8)26(33)34-9)21-15-13-18(2)22(29-21)17-35-36(10,11)27(4,5)6/h13-16,24H,12,17H2,1-11H3. The maximum absolute atomic E-state index is 13.1. The highest BCUT2D eigenvalue weighted by Crippen LogP contribution is 2.44. The Balaban J connectivity index is 2.15. The third-order valence-electron chi connectivity index (χ3n) is 7.92. The van der Waals surface area contributed by atoms with Crippen molar-refractivity contribution in [2.75, 3.05) is 7.11 Å². The topological polar surface area (TPSA) is 79.1 Å². The third kappa shape index (κ3) is 5.11. The monoisotopic (exact) mass is 510 g/mol. The van der Waals surface area contributed by atoms with Gasteiger partial charge in [-0.05, 0) is 81.6 Å². The number of hydrogen-bond donors (Lipinski definition) is 0. The molecule has 36 heavy (non-hydrogen) atoms. The minimum atomic E-state index is -1.95. The first-order valence-electron chi connectivity index (χ1n) is 12.7. The number of aryl methyl sites for hydroxylation is 3. The second kappa shape index (κ2) is 10.1. The summed E-state index contributed by atoms with van der Waals surface area (Å²) in [5, 5.41) is 8.85. The number of ether oxygens (including phenoxy) is 1. The molecule has 1 atom stereocenters. The van der Waals surface area contributed by atoms with Gasteiger partial charge in [0.05, 0.1) is 30.3 Å². The van der Waals surface area contributed by atoms with Gasteiger partial charge in [0.1, 0.15) is 5.52 Å². The summed E-state index contributed by atoms with van der Waals surface area (Å²) in [7, 11) is -0.516. The Bertz CT molecular complexity index is 1260. The van der Waals surface area contributed by atoms with Crippen LogP contribution in [-0.4, -0.2) is 41.4 Å². The molecule has 0 saturated heterocycles. The molecule has 0 fully saturated rings. The second-order valence-corrected chi connectivity index (χ2v) is 16.6. The van der Waals surface area contributed by atoms with Crippen LogP contribution in [0.15, 0.2) is 24.3 Å². The highest BCUT2D eigenvalue weighted by molar-refractivity contribution is 6.74. The molecule has 0 aliphatic carbocycles. The minimum Gasteiger partial charge on any atom is -0.469 e. The molecule has 0 aliphatic heterocycles. The van der Waals surface area contributed by atoms with E-state index in [1.807, 2.05) is 44.5 Å². The van der Waals surface area contributed by atoms with E-state index in [9.17, 15) is 4.79 Å². The lowest BCUT2D eigenvalue weighted by Crippen LogP contribution is -2.40. The Labute approximate surface area is 216 Å². The van der Waals surface area contributed by atoms with E-state index in [1.165, 1.54) is 7.11 Å². The van der Waals surface area contributed by atoms with E-state index in [-0.39, 0.29) is 16.9 Å². The van der Waals surface area contributed by atoms with Crippen molar-refractivity contribution in [3.8, 4) is 0 Å². The van der Waals surface area contributed by atoms with E-state index in [0.29, 0.717) is 6.61 Å². The van der Waals surface area contributed by atoms with Crippen molar-refractivity contribution in [1.29, 1.82) is 0 Å². The van der Waals surface area contributed by atoms with Gasteiger partial charge in [-0.3, -0.25) is 9.78 Å². The number of pyridine rings is 1. The summed E-state index contributed by atoms with van der Waals surface area (Å²) in [6, 6.07) is 8.22. The largest absolute Gasteiger partial charge is 0.469 e. The summed E-state index contributed by atoms with van der Waals surface area (Å²) in [5.41, 5.74) is 5.74. The maximum Gasteiger partial charge on any atom is 0.312 e. The van der Waals surface area contributed by atoms with E-state index in [2.05, 4.69) is 63.2 Å². The van der Waals surface area contributed by atoms with Crippen molar-refractivity contribution < 1.29 is 14.0 Å². The molecule has 8 heteroatoms. The number of carbonyl (C=O) groups is 1. The molecule has 7 nitrogen and oxygen atoms in total. The van der Waals surface area contributed by atoms with E-state index >= 15 is 0 Å². The van der Waals surface area contributed by atoms with Crippen molar-refractivity contribution in [2.24, 2.45) is 5.41 Å². The SMILES string of the molecule is CCn1nnc2c(C)c(C(c3ccc(C)c(CO[Si](C)(C)C(C)(C)C)n3)C(C)(C)C(=O)OC)ccc21. The van der Waals surface area contributed by atoms with Gasteiger partial charge in [-0.15, -0.1) is 5.10 Å². The predicted octanol–water partition coefficient (Wildman–Crippen LogP) is 6.32. The lowest BCUT2D eigenvalue weighted by molar-refractivity contribution is -0.151. The van der Waals surface area contributed by atoms with E-state index in [1.54, 1.807) is 0 Å². The van der Waals surface area contributed by atoms with Gasteiger partial charge < -0.3 is 9.16 Å². The van der Waals surface area contributed by atoms with Crippen LogP contribution in [-0.2, 0) is 27.1 Å². The Morgan fingerprint density at radius 3 is 2.33 bits per heavy atom. The van der Waals surface area contributed by atoms with Gasteiger partial charge in [-0.25, -0.2) is 4.68 Å². The van der Waals surface area contributed by atoms with Crippen LogP contribution in [0.25, 0.3) is 11.0 Å². The molecule has 0 aliphatic rings. The van der Waals surface area contributed by atoms with Crippen LogP contribution in [0.5, 0.6) is 0 Å². The van der Waals surface area contributed by atoms with Crippen molar-refractivity contribution in [2.45, 2.75) is 92.6 Å². The Morgan fingerprint density at radius 1 is 1.08 bits per heavy atom. The molecule has 0 radical (unpaired) electrons. The van der Waals surface area contributed by atoms with Crippen LogP contribution in [0, 0.1) is 19.3 Å². The first-order valence-corrected chi connectivity index (χ1v) is 15.6. The maximum atomic E-state index is 13.1. The van der Waals surface area contributed by atoms with Crippen LogP contribution in [0.4, 0.5) is 0 Å². The van der Waals surface area contributed by atoms with Gasteiger partial charge >= 0.3 is 5.97 Å². The van der Waals surface area contributed by atoms with E-state index in [4.69, 9.17) is 14.1 Å². The average Bonchev–Trinajstić information content (AvgIpc) is 3.23.